The maximum Gasteiger partial charge on any atom is 0.0785 e. The van der Waals surface area contributed by atoms with Crippen molar-refractivity contribution in [2.45, 2.75) is 65.2 Å². The van der Waals surface area contributed by atoms with E-state index in [0.717, 1.165) is 0 Å². The molecule has 0 N–H and O–H groups in total. The monoisotopic (exact) mass is 188 g/mol. The van der Waals surface area contributed by atoms with Gasteiger partial charge in [-0.25, -0.2) is 0 Å². The molecule has 0 aromatic carbocycles. The van der Waals surface area contributed by atoms with E-state index in [0.29, 0.717) is 12.6 Å². The number of hydrogen-bond acceptors (Lipinski definition) is 0. The van der Waals surface area contributed by atoms with Crippen LogP contribution in [0.2, 0.25) is 0 Å². The maximum absolute atomic E-state index is 9.50. The van der Waals surface area contributed by atoms with Crippen LogP contribution in [0.3, 0.4) is 0 Å². The summed E-state index contributed by atoms with van der Waals surface area (Å²) in [6.07, 6.45) is 11.7. The molecule has 1 aliphatic carbocycles. The van der Waals surface area contributed by atoms with Gasteiger partial charge in [-0.2, -0.15) is 0 Å². The van der Waals surface area contributed by atoms with E-state index in [1.165, 1.54) is 51.4 Å². The van der Waals surface area contributed by atoms with E-state index in [4.69, 9.17) is 0 Å². The molecule has 0 aromatic heterocycles. The molecule has 0 radical (unpaired) electrons. The Balaban J connectivity index is 0.000000671. The van der Waals surface area contributed by atoms with E-state index >= 15 is 0 Å². The Bertz CT molecular complexity index is 102. The summed E-state index contributed by atoms with van der Waals surface area (Å²) in [6, 6.07) is 0. The van der Waals surface area contributed by atoms with Crippen LogP contribution in [-0.2, 0) is 0 Å². The Labute approximate surface area is 82.9 Å². The second kappa shape index (κ2) is 7.34. The summed E-state index contributed by atoms with van der Waals surface area (Å²) in [5.74, 6) is 0. The maximum atomic E-state index is 9.50. The zero-order valence-electron chi connectivity index (χ0n) is 9.53. The lowest BCUT2D eigenvalue weighted by molar-refractivity contribution is 0.228. The fourth-order valence-corrected chi connectivity index (χ4v) is 2.11. The molecule has 0 aliphatic heterocycles. The summed E-state index contributed by atoms with van der Waals surface area (Å²) in [5, 5.41) is 0. The summed E-state index contributed by atoms with van der Waals surface area (Å²) in [6.45, 7) is 4.82. The van der Waals surface area contributed by atoms with Crippen LogP contribution in [0.5, 0.6) is 0 Å². The van der Waals surface area contributed by atoms with Gasteiger partial charge in [-0.05, 0) is 18.3 Å². The van der Waals surface area contributed by atoms with Gasteiger partial charge in [0, 0.05) is 0 Å². The molecule has 0 spiro atoms. The first-order valence-electron chi connectivity index (χ1n) is 5.65. The molecule has 0 atom stereocenters. The minimum atomic E-state index is 0.500. The smallest absolute Gasteiger partial charge is 0.0785 e. The van der Waals surface area contributed by atoms with Crippen LogP contribution in [0.25, 0.3) is 0 Å². The number of halogens is 1. The van der Waals surface area contributed by atoms with E-state index < -0.39 is 0 Å². The van der Waals surface area contributed by atoms with Gasteiger partial charge >= 0.3 is 0 Å². The van der Waals surface area contributed by atoms with Gasteiger partial charge in [0.15, 0.2) is 0 Å². The van der Waals surface area contributed by atoms with Crippen molar-refractivity contribution in [3.8, 4) is 0 Å². The number of rotatable bonds is 1. The molecule has 1 saturated carbocycles. The van der Waals surface area contributed by atoms with E-state index in [9.17, 15) is 4.39 Å². The quantitative estimate of drug-likeness (QED) is 0.558. The lowest BCUT2D eigenvalue weighted by atomic mass is 9.76. The highest BCUT2D eigenvalue weighted by Gasteiger charge is 2.21. The first kappa shape index (κ1) is 12.9. The summed E-state index contributed by atoms with van der Waals surface area (Å²) >= 11 is 0. The van der Waals surface area contributed by atoms with Crippen molar-refractivity contribution >= 4 is 0 Å². The van der Waals surface area contributed by atoms with Crippen LogP contribution >= 0.6 is 0 Å². The predicted molar refractivity (Wildman–Crippen MR) is 57.7 cm³/mol. The summed E-state index contributed by atoms with van der Waals surface area (Å²) < 4.78 is 9.50. The Morgan fingerprint density at radius 2 is 1.31 bits per heavy atom. The minimum absolute atomic E-state index is 0.500. The third kappa shape index (κ3) is 5.28. The molecule has 0 aromatic rings. The van der Waals surface area contributed by atoms with Crippen molar-refractivity contribution in [1.29, 1.82) is 0 Å². The third-order valence-corrected chi connectivity index (χ3v) is 3.41. The molecular formula is C12H25F. The Morgan fingerprint density at radius 3 is 1.69 bits per heavy atom. The lowest BCUT2D eigenvalue weighted by Crippen LogP contribution is -2.16. The van der Waals surface area contributed by atoms with Crippen LogP contribution in [0.4, 0.5) is 4.39 Å². The second-order valence-electron chi connectivity index (χ2n) is 4.43. The fourth-order valence-electron chi connectivity index (χ4n) is 2.11. The summed E-state index contributed by atoms with van der Waals surface area (Å²) in [5.41, 5.74) is 0.695. The topological polar surface area (TPSA) is 0 Å². The van der Waals surface area contributed by atoms with Crippen molar-refractivity contribution in [2.75, 3.05) is 7.18 Å². The van der Waals surface area contributed by atoms with Crippen LogP contribution < -0.4 is 0 Å². The molecule has 1 rings (SSSR count). The van der Waals surface area contributed by atoms with Gasteiger partial charge in [0.1, 0.15) is 0 Å². The molecule has 0 unspecified atom stereocenters. The van der Waals surface area contributed by atoms with Gasteiger partial charge in [-0.15, -0.1) is 0 Å². The van der Waals surface area contributed by atoms with Gasteiger partial charge in [0.05, 0.1) is 7.18 Å². The van der Waals surface area contributed by atoms with Crippen molar-refractivity contribution in [2.24, 2.45) is 5.41 Å². The number of alkyl halides is 1. The molecule has 1 aliphatic rings. The average molecular weight is 188 g/mol. The van der Waals surface area contributed by atoms with Gasteiger partial charge in [-0.1, -0.05) is 52.4 Å². The summed E-state index contributed by atoms with van der Waals surface area (Å²) in [7, 11) is 0.500. The third-order valence-electron chi connectivity index (χ3n) is 3.41. The van der Waals surface area contributed by atoms with Crippen LogP contribution in [0, 0.1) is 5.41 Å². The second-order valence-corrected chi connectivity index (χ2v) is 4.43. The Hall–Kier alpha value is -0.0700. The molecule has 80 valence electrons. The molecule has 0 heterocycles. The standard InChI is InChI=1S/C11H22.CH3F/c1-3-11(2)9-7-5-4-6-8-10-11;1-2/h3-10H2,1-2H3;1H3. The van der Waals surface area contributed by atoms with Crippen molar-refractivity contribution < 1.29 is 4.39 Å². The predicted octanol–water partition coefficient (Wildman–Crippen LogP) is 4.73. The van der Waals surface area contributed by atoms with E-state index in [1.54, 1.807) is 0 Å². The molecule has 0 amide bonds. The minimum Gasteiger partial charge on any atom is -0.255 e. The highest BCUT2D eigenvalue weighted by atomic mass is 19.1. The van der Waals surface area contributed by atoms with Gasteiger partial charge in [0.2, 0.25) is 0 Å². The zero-order valence-corrected chi connectivity index (χ0v) is 9.53. The molecule has 0 bridgehead atoms. The van der Waals surface area contributed by atoms with Crippen molar-refractivity contribution in [1.82, 2.24) is 0 Å². The molecule has 1 fully saturated rings. The lowest BCUT2D eigenvalue weighted by Gasteiger charge is -2.30. The molecule has 13 heavy (non-hydrogen) atoms. The first-order valence-corrected chi connectivity index (χ1v) is 5.65. The molecule has 1 heteroatoms. The van der Waals surface area contributed by atoms with Gasteiger partial charge < -0.3 is 0 Å². The molecule has 0 saturated heterocycles. The van der Waals surface area contributed by atoms with E-state index in [1.807, 2.05) is 0 Å². The van der Waals surface area contributed by atoms with Gasteiger partial charge in [-0.3, -0.25) is 4.39 Å². The highest BCUT2D eigenvalue weighted by Crippen LogP contribution is 2.36. The average Bonchev–Trinajstić information content (AvgIpc) is 2.15. The van der Waals surface area contributed by atoms with Gasteiger partial charge in [0.25, 0.3) is 0 Å². The van der Waals surface area contributed by atoms with E-state index in [2.05, 4.69) is 13.8 Å². The van der Waals surface area contributed by atoms with Crippen LogP contribution in [-0.4, -0.2) is 7.18 Å². The molecule has 0 nitrogen and oxygen atoms in total. The fraction of sp³-hybridized carbons (Fsp3) is 1.00. The first-order chi connectivity index (χ1) is 6.27. The highest BCUT2D eigenvalue weighted by molar-refractivity contribution is 4.74. The van der Waals surface area contributed by atoms with Crippen LogP contribution in [0.1, 0.15) is 65.2 Å². The van der Waals surface area contributed by atoms with Crippen molar-refractivity contribution in [3.63, 3.8) is 0 Å². The van der Waals surface area contributed by atoms with E-state index in [-0.39, 0.29) is 0 Å². The summed E-state index contributed by atoms with van der Waals surface area (Å²) in [4.78, 5) is 0. The molecular weight excluding hydrogens is 163 g/mol. The Kier molecular flexibility index (Phi) is 7.31. The Morgan fingerprint density at radius 1 is 0.923 bits per heavy atom. The van der Waals surface area contributed by atoms with Crippen LogP contribution in [0.15, 0.2) is 0 Å². The van der Waals surface area contributed by atoms with Crippen molar-refractivity contribution in [3.05, 3.63) is 0 Å². The zero-order chi connectivity index (χ0) is 10.2. The normalized spacial score (nSPS) is 22.2. The number of hydrogen-bond donors (Lipinski definition) is 0. The largest absolute Gasteiger partial charge is 0.255 e. The SMILES string of the molecule is CCC1(C)CCCCCCC1.CF.